The van der Waals surface area contributed by atoms with E-state index in [2.05, 4.69) is 15.9 Å². The first-order valence-electron chi connectivity index (χ1n) is 3.12. The van der Waals surface area contributed by atoms with Crippen LogP contribution in [0.3, 0.4) is 0 Å². The smallest absolute Gasteiger partial charge is 0.0544 e. The Bertz CT molecular complexity index is 197. The molecule has 3 heteroatoms. The Morgan fingerprint density at radius 1 is 1.60 bits per heavy atom. The van der Waals surface area contributed by atoms with Gasteiger partial charge in [-0.05, 0) is 24.3 Å². The number of thiophene rings is 1. The van der Waals surface area contributed by atoms with Crippen LogP contribution in [0.5, 0.6) is 0 Å². The molecule has 56 valence electrons. The first-order chi connectivity index (χ1) is 4.84. The normalized spacial score (nSPS) is 10.2. The van der Waals surface area contributed by atoms with Crippen molar-refractivity contribution in [2.75, 3.05) is 5.33 Å². The summed E-state index contributed by atoms with van der Waals surface area (Å²) < 4.78 is 0. The molecule has 0 fully saturated rings. The van der Waals surface area contributed by atoms with Crippen LogP contribution >= 0.6 is 38.9 Å². The molecule has 0 saturated carbocycles. The minimum atomic E-state index is 0.922. The lowest BCUT2D eigenvalue weighted by atomic mass is 10.3. The Kier molecular flexibility index (Phi) is 3.74. The first-order valence-corrected chi connectivity index (χ1v) is 5.50. The third-order valence-electron chi connectivity index (χ3n) is 1.23. The number of halogens is 2. The van der Waals surface area contributed by atoms with Gasteiger partial charge in [0.1, 0.15) is 0 Å². The van der Waals surface area contributed by atoms with Crippen LogP contribution in [-0.2, 0) is 6.42 Å². The van der Waals surface area contributed by atoms with Crippen molar-refractivity contribution < 1.29 is 0 Å². The van der Waals surface area contributed by atoms with Gasteiger partial charge >= 0.3 is 0 Å². The van der Waals surface area contributed by atoms with Crippen molar-refractivity contribution in [3.8, 4) is 0 Å². The van der Waals surface area contributed by atoms with Crippen LogP contribution in [-0.4, -0.2) is 5.33 Å². The summed E-state index contributed by atoms with van der Waals surface area (Å²) in [5.41, 5.74) is 0. The van der Waals surface area contributed by atoms with Crippen molar-refractivity contribution in [3.05, 3.63) is 21.3 Å². The zero-order chi connectivity index (χ0) is 7.40. The summed E-state index contributed by atoms with van der Waals surface area (Å²) >= 11 is 11.0. The predicted octanol–water partition coefficient (Wildman–Crippen LogP) is 3.73. The molecule has 0 atom stereocenters. The van der Waals surface area contributed by atoms with E-state index in [9.17, 15) is 0 Å². The molecule has 1 aromatic heterocycles. The zero-order valence-corrected chi connectivity index (χ0v) is 8.60. The minimum Gasteiger partial charge on any atom is -0.147 e. The molecule has 0 aliphatic carbocycles. The highest BCUT2D eigenvalue weighted by Crippen LogP contribution is 2.23. The van der Waals surface area contributed by atoms with Crippen LogP contribution in [0, 0.1) is 0 Å². The molecule has 0 aliphatic rings. The minimum absolute atomic E-state index is 0.922. The molecule has 1 aromatic rings. The van der Waals surface area contributed by atoms with Gasteiger partial charge in [-0.1, -0.05) is 27.5 Å². The number of aryl methyl sites for hydroxylation is 1. The molecule has 0 bridgehead atoms. The van der Waals surface area contributed by atoms with Gasteiger partial charge in [0.05, 0.1) is 5.02 Å². The van der Waals surface area contributed by atoms with Crippen LogP contribution < -0.4 is 0 Å². The van der Waals surface area contributed by atoms with Crippen molar-refractivity contribution in [2.45, 2.75) is 12.8 Å². The maximum atomic E-state index is 5.87. The Labute approximate surface area is 78.3 Å². The summed E-state index contributed by atoms with van der Waals surface area (Å²) in [7, 11) is 0. The third kappa shape index (κ3) is 2.26. The lowest BCUT2D eigenvalue weighted by molar-refractivity contribution is 0.959. The fourth-order valence-corrected chi connectivity index (χ4v) is 2.19. The third-order valence-corrected chi connectivity index (χ3v) is 3.24. The van der Waals surface area contributed by atoms with Crippen LogP contribution in [0.2, 0.25) is 5.02 Å². The van der Waals surface area contributed by atoms with Crippen LogP contribution in [0.4, 0.5) is 0 Å². The van der Waals surface area contributed by atoms with E-state index in [1.807, 2.05) is 11.4 Å². The molecular formula is C7H8BrClS. The molecule has 0 aliphatic heterocycles. The van der Waals surface area contributed by atoms with Crippen LogP contribution in [0.15, 0.2) is 11.4 Å². The van der Waals surface area contributed by atoms with E-state index < -0.39 is 0 Å². The molecule has 0 N–H and O–H groups in total. The molecule has 0 amide bonds. The van der Waals surface area contributed by atoms with Crippen LogP contribution in [0.25, 0.3) is 0 Å². The largest absolute Gasteiger partial charge is 0.147 e. The second kappa shape index (κ2) is 4.37. The Morgan fingerprint density at radius 3 is 2.90 bits per heavy atom. The summed E-state index contributed by atoms with van der Waals surface area (Å²) in [4.78, 5) is 1.31. The topological polar surface area (TPSA) is 0 Å². The van der Waals surface area contributed by atoms with E-state index in [1.54, 1.807) is 11.3 Å². The van der Waals surface area contributed by atoms with E-state index in [-0.39, 0.29) is 0 Å². The van der Waals surface area contributed by atoms with Crippen molar-refractivity contribution in [3.63, 3.8) is 0 Å². The van der Waals surface area contributed by atoms with Gasteiger partial charge in [0.2, 0.25) is 0 Å². The van der Waals surface area contributed by atoms with Gasteiger partial charge in [-0.2, -0.15) is 0 Å². The molecule has 0 radical (unpaired) electrons. The molecule has 0 spiro atoms. The average molecular weight is 240 g/mol. The lowest BCUT2D eigenvalue weighted by Crippen LogP contribution is -1.80. The number of hydrogen-bond acceptors (Lipinski definition) is 1. The van der Waals surface area contributed by atoms with E-state index in [0.717, 1.165) is 16.8 Å². The van der Waals surface area contributed by atoms with Crippen molar-refractivity contribution in [1.82, 2.24) is 0 Å². The maximum Gasteiger partial charge on any atom is 0.0544 e. The van der Waals surface area contributed by atoms with E-state index in [0.29, 0.717) is 0 Å². The van der Waals surface area contributed by atoms with Gasteiger partial charge in [0, 0.05) is 10.2 Å². The summed E-state index contributed by atoms with van der Waals surface area (Å²) in [6.45, 7) is 0. The van der Waals surface area contributed by atoms with Crippen LogP contribution in [0.1, 0.15) is 11.3 Å². The Hall–Kier alpha value is 0.470. The molecule has 10 heavy (non-hydrogen) atoms. The molecular weight excluding hydrogens is 232 g/mol. The highest BCUT2D eigenvalue weighted by atomic mass is 79.9. The monoisotopic (exact) mass is 238 g/mol. The second-order valence-electron chi connectivity index (χ2n) is 1.98. The first kappa shape index (κ1) is 8.57. The van der Waals surface area contributed by atoms with E-state index in [4.69, 9.17) is 11.6 Å². The number of hydrogen-bond donors (Lipinski definition) is 0. The summed E-state index contributed by atoms with van der Waals surface area (Å²) in [6, 6.07) is 1.95. The van der Waals surface area contributed by atoms with Crippen molar-refractivity contribution >= 4 is 38.9 Å². The summed E-state index contributed by atoms with van der Waals surface area (Å²) in [5.74, 6) is 0. The van der Waals surface area contributed by atoms with E-state index >= 15 is 0 Å². The molecule has 0 saturated heterocycles. The van der Waals surface area contributed by atoms with Gasteiger partial charge in [-0.15, -0.1) is 11.3 Å². The summed E-state index contributed by atoms with van der Waals surface area (Å²) in [6.07, 6.45) is 2.27. The number of alkyl halides is 1. The van der Waals surface area contributed by atoms with Crippen molar-refractivity contribution in [1.29, 1.82) is 0 Å². The quantitative estimate of drug-likeness (QED) is 0.705. The molecule has 0 aromatic carbocycles. The van der Waals surface area contributed by atoms with Gasteiger partial charge in [-0.3, -0.25) is 0 Å². The fourth-order valence-electron chi connectivity index (χ4n) is 0.731. The van der Waals surface area contributed by atoms with Crippen molar-refractivity contribution in [2.24, 2.45) is 0 Å². The van der Waals surface area contributed by atoms with Gasteiger partial charge in [-0.25, -0.2) is 0 Å². The van der Waals surface area contributed by atoms with Gasteiger partial charge in [0.25, 0.3) is 0 Å². The predicted molar refractivity (Wildman–Crippen MR) is 51.4 cm³/mol. The SMILES string of the molecule is Clc1ccsc1CCCBr. The maximum absolute atomic E-state index is 5.87. The molecule has 1 heterocycles. The Morgan fingerprint density at radius 2 is 2.40 bits per heavy atom. The molecule has 0 unspecified atom stereocenters. The lowest BCUT2D eigenvalue weighted by Gasteiger charge is -1.93. The van der Waals surface area contributed by atoms with E-state index in [1.165, 1.54) is 11.3 Å². The number of rotatable bonds is 3. The average Bonchev–Trinajstić information content (AvgIpc) is 2.31. The van der Waals surface area contributed by atoms with Gasteiger partial charge in [0.15, 0.2) is 0 Å². The fraction of sp³-hybridized carbons (Fsp3) is 0.429. The Balaban J connectivity index is 2.49. The summed E-state index contributed by atoms with van der Waals surface area (Å²) in [5, 5.41) is 4.01. The van der Waals surface area contributed by atoms with Gasteiger partial charge < -0.3 is 0 Å². The second-order valence-corrected chi connectivity index (χ2v) is 4.19. The molecule has 0 nitrogen and oxygen atoms in total. The zero-order valence-electron chi connectivity index (χ0n) is 5.44. The highest BCUT2D eigenvalue weighted by Gasteiger charge is 1.99. The highest BCUT2D eigenvalue weighted by molar-refractivity contribution is 9.09. The standard InChI is InChI=1S/C7H8BrClS/c8-4-1-2-7-6(9)3-5-10-7/h3,5H,1-2,4H2. The molecule has 1 rings (SSSR count).